The van der Waals surface area contributed by atoms with Crippen LogP contribution in [0.25, 0.3) is 0 Å². The Morgan fingerprint density at radius 1 is 1.40 bits per heavy atom. The molecule has 1 aromatic carbocycles. The molecule has 1 aliphatic heterocycles. The van der Waals surface area contributed by atoms with E-state index in [9.17, 15) is 19.7 Å². The molecule has 8 nitrogen and oxygen atoms in total. The summed E-state index contributed by atoms with van der Waals surface area (Å²) in [6, 6.07) is 3.34. The number of nitro benzene ring substituents is 1. The van der Waals surface area contributed by atoms with Gasteiger partial charge in [-0.3, -0.25) is 24.6 Å². The zero-order chi connectivity index (χ0) is 17.9. The molecule has 1 amide bonds. The Morgan fingerprint density at radius 2 is 2.00 bits per heavy atom. The Bertz CT molecular complexity index is 663. The number of carbonyl (C=O) groups is 2. The van der Waals surface area contributed by atoms with Crippen LogP contribution in [0.1, 0.15) is 19.8 Å². The van der Waals surface area contributed by atoms with Gasteiger partial charge in [0.15, 0.2) is 0 Å². The summed E-state index contributed by atoms with van der Waals surface area (Å²) in [5.74, 6) is -1.52. The number of carbonyl (C=O) groups excluding carboxylic acids is 1. The lowest BCUT2D eigenvalue weighted by molar-refractivity contribution is -0.384. The number of carboxylic acids is 1. The van der Waals surface area contributed by atoms with Crippen molar-refractivity contribution in [2.45, 2.75) is 25.8 Å². The van der Waals surface area contributed by atoms with Crippen molar-refractivity contribution in [2.75, 3.05) is 18.4 Å². The average molecular weight is 392 g/mol. The average Bonchev–Trinajstić information content (AvgIpc) is 2.55. The number of piperidine rings is 1. The number of carboxylic acid groups (broad SMARTS) is 1. The molecule has 10 heteroatoms. The molecule has 1 saturated heterocycles. The van der Waals surface area contributed by atoms with E-state index in [1.807, 2.05) is 4.90 Å². The lowest BCUT2D eigenvalue weighted by atomic mass is 9.96. The molecule has 1 aromatic rings. The zero-order valence-electron chi connectivity index (χ0n) is 13.5. The van der Waals surface area contributed by atoms with Crippen LogP contribution in [0.3, 0.4) is 0 Å². The summed E-state index contributed by atoms with van der Waals surface area (Å²) >= 11 is 5.97. The van der Waals surface area contributed by atoms with Crippen LogP contribution in [-0.2, 0) is 9.59 Å². The van der Waals surface area contributed by atoms with Crippen molar-refractivity contribution in [1.82, 2.24) is 4.90 Å². The van der Waals surface area contributed by atoms with Crippen LogP contribution >= 0.6 is 24.0 Å². The van der Waals surface area contributed by atoms with E-state index in [0.717, 1.165) is 0 Å². The van der Waals surface area contributed by atoms with Crippen LogP contribution in [0.4, 0.5) is 11.4 Å². The zero-order valence-corrected chi connectivity index (χ0v) is 15.0. The highest BCUT2D eigenvalue weighted by molar-refractivity contribution is 6.33. The van der Waals surface area contributed by atoms with Crippen molar-refractivity contribution in [3.63, 3.8) is 0 Å². The van der Waals surface area contributed by atoms with Crippen molar-refractivity contribution >= 4 is 47.3 Å². The molecule has 1 unspecified atom stereocenters. The minimum absolute atomic E-state index is 0. The molecule has 0 spiro atoms. The largest absolute Gasteiger partial charge is 0.481 e. The van der Waals surface area contributed by atoms with Crippen LogP contribution in [0, 0.1) is 16.0 Å². The van der Waals surface area contributed by atoms with E-state index in [0.29, 0.717) is 25.9 Å². The van der Waals surface area contributed by atoms with Crippen molar-refractivity contribution in [3.8, 4) is 0 Å². The van der Waals surface area contributed by atoms with Gasteiger partial charge in [0.25, 0.3) is 5.69 Å². The maximum absolute atomic E-state index is 12.4. The Labute approximate surface area is 155 Å². The molecule has 0 aliphatic carbocycles. The highest BCUT2D eigenvalue weighted by Crippen LogP contribution is 2.27. The van der Waals surface area contributed by atoms with Gasteiger partial charge in [-0.15, -0.1) is 12.4 Å². The first-order chi connectivity index (χ1) is 11.3. The van der Waals surface area contributed by atoms with Gasteiger partial charge in [-0.1, -0.05) is 11.6 Å². The first-order valence-corrected chi connectivity index (χ1v) is 7.89. The number of halogens is 2. The molecule has 2 rings (SSSR count). The van der Waals surface area contributed by atoms with E-state index < -0.39 is 16.9 Å². The number of amides is 1. The Kier molecular flexibility index (Phi) is 7.60. The topological polar surface area (TPSA) is 113 Å². The van der Waals surface area contributed by atoms with Crippen LogP contribution in [0.5, 0.6) is 0 Å². The molecule has 2 N–H and O–H groups in total. The number of nitrogens with one attached hydrogen (secondary N) is 1. The van der Waals surface area contributed by atoms with Gasteiger partial charge in [-0.05, 0) is 38.9 Å². The number of nitro groups is 1. The molecular weight excluding hydrogens is 373 g/mol. The third-order valence-corrected chi connectivity index (χ3v) is 4.55. The maximum atomic E-state index is 12.4. The monoisotopic (exact) mass is 391 g/mol. The number of nitrogens with zero attached hydrogens (tertiary/aromatic N) is 2. The normalized spacial score (nSPS) is 16.6. The van der Waals surface area contributed by atoms with E-state index in [1.165, 1.54) is 18.2 Å². The summed E-state index contributed by atoms with van der Waals surface area (Å²) in [5.41, 5.74) is 0.0211. The lowest BCUT2D eigenvalue weighted by Crippen LogP contribution is -2.47. The van der Waals surface area contributed by atoms with Gasteiger partial charge in [0.1, 0.15) is 0 Å². The van der Waals surface area contributed by atoms with E-state index in [2.05, 4.69) is 5.32 Å². The van der Waals surface area contributed by atoms with E-state index in [1.54, 1.807) is 6.92 Å². The number of hydrogen-bond donors (Lipinski definition) is 2. The SMILES string of the molecule is CC(C(=O)Nc1cc([N+](=O)[O-])ccc1Cl)N1CCC(C(=O)O)CC1.Cl. The predicted octanol–water partition coefficient (Wildman–Crippen LogP) is 2.79. The lowest BCUT2D eigenvalue weighted by Gasteiger charge is -2.33. The summed E-state index contributed by atoms with van der Waals surface area (Å²) in [6.07, 6.45) is 0.981. The fourth-order valence-corrected chi connectivity index (χ4v) is 2.82. The smallest absolute Gasteiger partial charge is 0.306 e. The Morgan fingerprint density at radius 3 is 2.52 bits per heavy atom. The minimum atomic E-state index is -0.810. The molecule has 138 valence electrons. The number of likely N-dealkylation sites (tertiary alicyclic amines) is 1. The minimum Gasteiger partial charge on any atom is -0.481 e. The van der Waals surface area contributed by atoms with Crippen molar-refractivity contribution in [2.24, 2.45) is 5.92 Å². The van der Waals surface area contributed by atoms with Crippen LogP contribution in [0.15, 0.2) is 18.2 Å². The predicted molar refractivity (Wildman–Crippen MR) is 95.4 cm³/mol. The number of aliphatic carboxylic acids is 1. The molecule has 1 aliphatic rings. The van der Waals surface area contributed by atoms with Gasteiger partial charge < -0.3 is 10.4 Å². The molecule has 25 heavy (non-hydrogen) atoms. The standard InChI is InChI=1S/C15H18ClN3O5.ClH/c1-9(18-6-4-10(5-7-18)15(21)22)14(20)17-13-8-11(19(23)24)2-3-12(13)16;/h2-3,8-10H,4-7H2,1H3,(H,17,20)(H,21,22);1H. The van der Waals surface area contributed by atoms with Gasteiger partial charge in [0, 0.05) is 12.1 Å². The highest BCUT2D eigenvalue weighted by atomic mass is 35.5. The van der Waals surface area contributed by atoms with Gasteiger partial charge in [-0.25, -0.2) is 0 Å². The van der Waals surface area contributed by atoms with Crippen LogP contribution in [-0.4, -0.2) is 45.9 Å². The molecule has 0 aromatic heterocycles. The van der Waals surface area contributed by atoms with Crippen molar-refractivity contribution in [3.05, 3.63) is 33.3 Å². The summed E-state index contributed by atoms with van der Waals surface area (Å²) in [5, 5.41) is 22.6. The highest BCUT2D eigenvalue weighted by Gasteiger charge is 2.29. The van der Waals surface area contributed by atoms with Gasteiger partial charge in [0.05, 0.1) is 27.6 Å². The van der Waals surface area contributed by atoms with Crippen LogP contribution in [0.2, 0.25) is 5.02 Å². The van der Waals surface area contributed by atoms with E-state index in [-0.39, 0.29) is 40.6 Å². The second-order valence-corrected chi connectivity index (χ2v) is 6.14. The molecule has 1 heterocycles. The number of hydrogen-bond acceptors (Lipinski definition) is 5. The molecule has 1 atom stereocenters. The molecule has 1 fully saturated rings. The van der Waals surface area contributed by atoms with E-state index >= 15 is 0 Å². The second kappa shape index (κ2) is 8.98. The summed E-state index contributed by atoms with van der Waals surface area (Å²) in [7, 11) is 0. The Hall–Kier alpha value is -1.90. The van der Waals surface area contributed by atoms with Crippen molar-refractivity contribution in [1.29, 1.82) is 0 Å². The second-order valence-electron chi connectivity index (χ2n) is 5.73. The number of rotatable bonds is 5. The fraction of sp³-hybridized carbons (Fsp3) is 0.467. The summed E-state index contributed by atoms with van der Waals surface area (Å²) < 4.78 is 0. The Balaban J connectivity index is 0.00000312. The third-order valence-electron chi connectivity index (χ3n) is 4.22. The summed E-state index contributed by atoms with van der Waals surface area (Å²) in [6.45, 7) is 2.73. The van der Waals surface area contributed by atoms with Gasteiger partial charge >= 0.3 is 5.97 Å². The first kappa shape index (κ1) is 21.1. The molecule has 0 radical (unpaired) electrons. The fourth-order valence-electron chi connectivity index (χ4n) is 2.66. The summed E-state index contributed by atoms with van der Waals surface area (Å²) in [4.78, 5) is 35.5. The van der Waals surface area contributed by atoms with Crippen LogP contribution < -0.4 is 5.32 Å². The van der Waals surface area contributed by atoms with E-state index in [4.69, 9.17) is 16.7 Å². The third kappa shape index (κ3) is 5.29. The first-order valence-electron chi connectivity index (χ1n) is 7.51. The van der Waals surface area contributed by atoms with Gasteiger partial charge in [0.2, 0.25) is 5.91 Å². The van der Waals surface area contributed by atoms with Gasteiger partial charge in [-0.2, -0.15) is 0 Å². The van der Waals surface area contributed by atoms with Crippen molar-refractivity contribution < 1.29 is 19.6 Å². The molecule has 0 bridgehead atoms. The maximum Gasteiger partial charge on any atom is 0.306 e. The number of anilines is 1. The molecule has 0 saturated carbocycles. The number of benzene rings is 1. The quantitative estimate of drug-likeness (QED) is 0.589. The molecular formula is C15H19Cl2N3O5. The number of non-ortho nitro benzene ring substituents is 1.